The van der Waals surface area contributed by atoms with Crippen LogP contribution in [0.1, 0.15) is 10.5 Å². The van der Waals surface area contributed by atoms with Gasteiger partial charge in [0.2, 0.25) is 5.95 Å². The number of rotatable bonds is 3. The van der Waals surface area contributed by atoms with Crippen LogP contribution < -0.4 is 5.32 Å². The largest absolute Gasteiger partial charge is 0.335 e. The number of amides is 1. The molecule has 1 aromatic carbocycles. The van der Waals surface area contributed by atoms with Crippen LogP contribution >= 0.6 is 0 Å². The summed E-state index contributed by atoms with van der Waals surface area (Å²) in [7, 11) is 2.04. The first-order valence-corrected chi connectivity index (χ1v) is 7.45. The van der Waals surface area contributed by atoms with Crippen molar-refractivity contribution in [3.05, 3.63) is 48.0 Å². The summed E-state index contributed by atoms with van der Waals surface area (Å²) in [6, 6.07) is 7.49. The summed E-state index contributed by atoms with van der Waals surface area (Å²) < 4.78 is 12.9. The molecule has 1 aliphatic heterocycles. The number of aromatic nitrogens is 2. The molecule has 1 fully saturated rings. The highest BCUT2D eigenvalue weighted by Crippen LogP contribution is 2.14. The lowest BCUT2D eigenvalue weighted by Gasteiger charge is -2.32. The second-order valence-corrected chi connectivity index (χ2v) is 5.49. The molecule has 6 nitrogen and oxygen atoms in total. The Bertz CT molecular complexity index is 683. The fraction of sp³-hybridized carbons (Fsp3) is 0.312. The monoisotopic (exact) mass is 315 g/mol. The number of hydrogen-bond acceptors (Lipinski definition) is 5. The van der Waals surface area contributed by atoms with E-state index in [4.69, 9.17) is 0 Å². The SMILES string of the molecule is CN1CCN(C(=O)c2ccnc(Nc3ccc(F)cc3)n2)CC1. The zero-order valence-corrected chi connectivity index (χ0v) is 12.9. The molecule has 0 saturated carbocycles. The van der Waals surface area contributed by atoms with Gasteiger partial charge in [-0.1, -0.05) is 0 Å². The standard InChI is InChI=1S/C16H18FN5O/c1-21-8-10-22(11-9-21)15(23)14-6-7-18-16(20-14)19-13-4-2-12(17)3-5-13/h2-7H,8-11H2,1H3,(H,18,19,20). The van der Waals surface area contributed by atoms with E-state index in [0.717, 1.165) is 13.1 Å². The predicted octanol–water partition coefficient (Wildman–Crippen LogP) is 1.75. The molecule has 1 saturated heterocycles. The van der Waals surface area contributed by atoms with E-state index in [9.17, 15) is 9.18 Å². The van der Waals surface area contributed by atoms with E-state index < -0.39 is 0 Å². The Labute approximate surface area is 134 Å². The summed E-state index contributed by atoms with van der Waals surface area (Å²) in [5.41, 5.74) is 1.02. The van der Waals surface area contributed by atoms with Gasteiger partial charge in [0.15, 0.2) is 0 Å². The number of carbonyl (C=O) groups excluding carboxylic acids is 1. The second-order valence-electron chi connectivity index (χ2n) is 5.49. The third kappa shape index (κ3) is 3.81. The Kier molecular flexibility index (Phi) is 4.47. The third-order valence-electron chi connectivity index (χ3n) is 3.77. The minimum absolute atomic E-state index is 0.0948. The summed E-state index contributed by atoms with van der Waals surface area (Å²) in [6.45, 7) is 3.11. The highest BCUT2D eigenvalue weighted by Gasteiger charge is 2.21. The number of benzene rings is 1. The Morgan fingerprint density at radius 2 is 1.83 bits per heavy atom. The molecule has 0 aliphatic carbocycles. The Morgan fingerprint density at radius 1 is 1.13 bits per heavy atom. The summed E-state index contributed by atoms with van der Waals surface area (Å²) >= 11 is 0. The van der Waals surface area contributed by atoms with E-state index in [1.54, 1.807) is 29.3 Å². The van der Waals surface area contributed by atoms with Gasteiger partial charge in [-0.25, -0.2) is 14.4 Å². The van der Waals surface area contributed by atoms with Crippen molar-refractivity contribution in [2.24, 2.45) is 0 Å². The number of piperazine rings is 1. The molecule has 0 radical (unpaired) electrons. The fourth-order valence-corrected chi connectivity index (χ4v) is 2.37. The van der Waals surface area contributed by atoms with Gasteiger partial charge >= 0.3 is 0 Å². The van der Waals surface area contributed by atoms with Crippen LogP contribution in [0.15, 0.2) is 36.5 Å². The van der Waals surface area contributed by atoms with Crippen molar-refractivity contribution in [3.63, 3.8) is 0 Å². The highest BCUT2D eigenvalue weighted by molar-refractivity contribution is 5.92. The number of likely N-dealkylation sites (N-methyl/N-ethyl adjacent to an activating group) is 1. The number of carbonyl (C=O) groups is 1. The van der Waals surface area contributed by atoms with Crippen LogP contribution in [-0.4, -0.2) is 58.9 Å². The lowest BCUT2D eigenvalue weighted by atomic mass is 10.3. The average molecular weight is 315 g/mol. The van der Waals surface area contributed by atoms with Crippen LogP contribution in [0.4, 0.5) is 16.0 Å². The van der Waals surface area contributed by atoms with Crippen molar-refractivity contribution < 1.29 is 9.18 Å². The molecule has 1 aromatic heterocycles. The van der Waals surface area contributed by atoms with E-state index in [1.807, 2.05) is 7.05 Å². The second kappa shape index (κ2) is 6.70. The Morgan fingerprint density at radius 3 is 2.52 bits per heavy atom. The van der Waals surface area contributed by atoms with Crippen molar-refractivity contribution >= 4 is 17.5 Å². The third-order valence-corrected chi connectivity index (χ3v) is 3.77. The van der Waals surface area contributed by atoms with Gasteiger partial charge in [-0.3, -0.25) is 4.79 Å². The number of anilines is 2. The van der Waals surface area contributed by atoms with E-state index in [1.165, 1.54) is 12.1 Å². The minimum Gasteiger partial charge on any atom is -0.335 e. The summed E-state index contributed by atoms with van der Waals surface area (Å²) in [4.78, 5) is 24.8. The molecule has 0 spiro atoms. The first-order chi connectivity index (χ1) is 11.1. The smallest absolute Gasteiger partial charge is 0.272 e. The molecule has 2 heterocycles. The van der Waals surface area contributed by atoms with Gasteiger partial charge in [-0.2, -0.15) is 0 Å². The number of nitrogens with one attached hydrogen (secondary N) is 1. The van der Waals surface area contributed by atoms with Crippen molar-refractivity contribution in [1.29, 1.82) is 0 Å². The van der Waals surface area contributed by atoms with Gasteiger partial charge in [0, 0.05) is 38.1 Å². The molecule has 0 unspecified atom stereocenters. The maximum atomic E-state index is 12.9. The lowest BCUT2D eigenvalue weighted by Crippen LogP contribution is -2.47. The molecule has 23 heavy (non-hydrogen) atoms. The van der Waals surface area contributed by atoms with Gasteiger partial charge in [0.25, 0.3) is 5.91 Å². The average Bonchev–Trinajstić information content (AvgIpc) is 2.57. The van der Waals surface area contributed by atoms with Crippen LogP contribution in [0.3, 0.4) is 0 Å². The number of nitrogens with zero attached hydrogens (tertiary/aromatic N) is 4. The van der Waals surface area contributed by atoms with Crippen LogP contribution in [0.5, 0.6) is 0 Å². The quantitative estimate of drug-likeness (QED) is 0.935. The first kappa shape index (κ1) is 15.4. The zero-order chi connectivity index (χ0) is 16.2. The molecule has 3 rings (SSSR count). The fourth-order valence-electron chi connectivity index (χ4n) is 2.37. The molecular formula is C16H18FN5O. The van der Waals surface area contributed by atoms with Crippen LogP contribution in [0.25, 0.3) is 0 Å². The molecule has 1 aliphatic rings. The van der Waals surface area contributed by atoms with Crippen LogP contribution in [0, 0.1) is 5.82 Å². The van der Waals surface area contributed by atoms with E-state index in [-0.39, 0.29) is 11.7 Å². The predicted molar refractivity (Wildman–Crippen MR) is 85.1 cm³/mol. The van der Waals surface area contributed by atoms with Crippen molar-refractivity contribution in [3.8, 4) is 0 Å². The van der Waals surface area contributed by atoms with E-state index in [0.29, 0.717) is 30.4 Å². The Hall–Kier alpha value is -2.54. The van der Waals surface area contributed by atoms with Crippen molar-refractivity contribution in [2.75, 3.05) is 38.5 Å². The summed E-state index contributed by atoms with van der Waals surface area (Å²) in [5.74, 6) is -0.0882. The van der Waals surface area contributed by atoms with Gasteiger partial charge in [-0.15, -0.1) is 0 Å². The molecule has 2 aromatic rings. The maximum Gasteiger partial charge on any atom is 0.272 e. The van der Waals surface area contributed by atoms with Crippen LogP contribution in [0.2, 0.25) is 0 Å². The van der Waals surface area contributed by atoms with Crippen molar-refractivity contribution in [2.45, 2.75) is 0 Å². The molecule has 0 atom stereocenters. The minimum atomic E-state index is -0.310. The van der Waals surface area contributed by atoms with Gasteiger partial charge in [-0.05, 0) is 37.4 Å². The van der Waals surface area contributed by atoms with E-state index in [2.05, 4.69) is 20.2 Å². The molecule has 0 bridgehead atoms. The lowest BCUT2D eigenvalue weighted by molar-refractivity contribution is 0.0658. The normalized spacial score (nSPS) is 15.5. The highest BCUT2D eigenvalue weighted by atomic mass is 19.1. The number of halogens is 1. The number of hydrogen-bond donors (Lipinski definition) is 1. The van der Waals surface area contributed by atoms with E-state index >= 15 is 0 Å². The topological polar surface area (TPSA) is 61.4 Å². The van der Waals surface area contributed by atoms with Gasteiger partial charge in [0.1, 0.15) is 11.5 Å². The molecule has 1 amide bonds. The van der Waals surface area contributed by atoms with Gasteiger partial charge < -0.3 is 15.1 Å². The first-order valence-electron chi connectivity index (χ1n) is 7.45. The molecule has 7 heteroatoms. The zero-order valence-electron chi connectivity index (χ0n) is 12.9. The molecule has 120 valence electrons. The van der Waals surface area contributed by atoms with Crippen molar-refractivity contribution in [1.82, 2.24) is 19.8 Å². The maximum absolute atomic E-state index is 12.9. The summed E-state index contributed by atoms with van der Waals surface area (Å²) in [6.07, 6.45) is 1.54. The van der Waals surface area contributed by atoms with Crippen LogP contribution in [-0.2, 0) is 0 Å². The van der Waals surface area contributed by atoms with Gasteiger partial charge in [0.05, 0.1) is 0 Å². The molecule has 1 N–H and O–H groups in total. The molecular weight excluding hydrogens is 297 g/mol. The Balaban J connectivity index is 1.71. The summed E-state index contributed by atoms with van der Waals surface area (Å²) in [5, 5.41) is 2.97.